The van der Waals surface area contributed by atoms with Crippen LogP contribution in [0.2, 0.25) is 0 Å². The number of aromatic nitrogens is 2. The first kappa shape index (κ1) is 14.1. The Labute approximate surface area is 121 Å². The van der Waals surface area contributed by atoms with Gasteiger partial charge in [-0.05, 0) is 47.0 Å². The summed E-state index contributed by atoms with van der Waals surface area (Å²) in [4.78, 5) is 0. The highest BCUT2D eigenvalue weighted by molar-refractivity contribution is 9.10. The Hall–Kier alpha value is -1.36. The van der Waals surface area contributed by atoms with E-state index in [0.717, 1.165) is 28.0 Å². The lowest BCUT2D eigenvalue weighted by atomic mass is 10.2. The van der Waals surface area contributed by atoms with E-state index in [1.807, 2.05) is 17.8 Å². The molecule has 102 valence electrons. The smallest absolute Gasteiger partial charge is 0.128 e. The Morgan fingerprint density at radius 3 is 2.74 bits per heavy atom. The first-order valence-corrected chi connectivity index (χ1v) is 7.02. The number of hydrogen-bond donors (Lipinski definition) is 1. The highest BCUT2D eigenvalue weighted by atomic mass is 79.9. The van der Waals surface area contributed by atoms with Crippen LogP contribution in [0.4, 0.5) is 10.1 Å². The molecule has 3 nitrogen and oxygen atoms in total. The zero-order valence-corrected chi connectivity index (χ0v) is 12.9. The van der Waals surface area contributed by atoms with Gasteiger partial charge in [-0.1, -0.05) is 13.0 Å². The molecule has 0 aliphatic rings. The third kappa shape index (κ3) is 2.97. The molecule has 19 heavy (non-hydrogen) atoms. The lowest BCUT2D eigenvalue weighted by Crippen LogP contribution is -2.06. The summed E-state index contributed by atoms with van der Waals surface area (Å²) >= 11 is 3.56. The Balaban J connectivity index is 2.14. The molecular formula is C14H17BrFN3. The maximum absolute atomic E-state index is 13.5. The van der Waals surface area contributed by atoms with Crippen molar-refractivity contribution in [1.82, 2.24) is 9.78 Å². The van der Waals surface area contributed by atoms with Crippen LogP contribution in [0.15, 0.2) is 22.7 Å². The Morgan fingerprint density at radius 1 is 1.42 bits per heavy atom. The summed E-state index contributed by atoms with van der Waals surface area (Å²) in [5.74, 6) is -0.191. The van der Waals surface area contributed by atoms with E-state index in [1.165, 1.54) is 6.07 Å². The minimum absolute atomic E-state index is 0.191. The zero-order chi connectivity index (χ0) is 14.0. The minimum Gasteiger partial charge on any atom is -0.379 e. The number of benzene rings is 1. The van der Waals surface area contributed by atoms with Crippen molar-refractivity contribution in [3.8, 4) is 0 Å². The van der Waals surface area contributed by atoms with Crippen molar-refractivity contribution < 1.29 is 4.39 Å². The van der Waals surface area contributed by atoms with Crippen molar-refractivity contribution in [3.05, 3.63) is 45.4 Å². The number of halogens is 2. The van der Waals surface area contributed by atoms with Crippen LogP contribution < -0.4 is 5.32 Å². The Morgan fingerprint density at radius 2 is 2.16 bits per heavy atom. The maximum atomic E-state index is 13.5. The second kappa shape index (κ2) is 5.74. The number of nitrogens with one attached hydrogen (secondary N) is 1. The molecule has 0 saturated heterocycles. The summed E-state index contributed by atoms with van der Waals surface area (Å²) in [6.45, 7) is 4.43. The van der Waals surface area contributed by atoms with Crippen LogP contribution >= 0.6 is 15.9 Å². The monoisotopic (exact) mass is 325 g/mol. The lowest BCUT2D eigenvalue weighted by Gasteiger charge is -2.08. The van der Waals surface area contributed by atoms with Gasteiger partial charge in [-0.2, -0.15) is 5.10 Å². The average Bonchev–Trinajstić information content (AvgIpc) is 2.66. The molecule has 0 aliphatic carbocycles. The van der Waals surface area contributed by atoms with Gasteiger partial charge in [0.25, 0.3) is 0 Å². The molecule has 1 aromatic carbocycles. The molecule has 0 unspecified atom stereocenters. The number of hydrogen-bond acceptors (Lipinski definition) is 2. The third-order valence-electron chi connectivity index (χ3n) is 3.13. The maximum Gasteiger partial charge on any atom is 0.128 e. The molecule has 1 N–H and O–H groups in total. The minimum atomic E-state index is -0.191. The molecule has 0 fully saturated rings. The van der Waals surface area contributed by atoms with Gasteiger partial charge in [0.05, 0.1) is 22.4 Å². The number of aryl methyl sites for hydroxylation is 3. The van der Waals surface area contributed by atoms with Gasteiger partial charge in [0.2, 0.25) is 0 Å². The van der Waals surface area contributed by atoms with E-state index in [4.69, 9.17) is 0 Å². The summed E-state index contributed by atoms with van der Waals surface area (Å²) in [5, 5.41) is 7.65. The van der Waals surface area contributed by atoms with E-state index in [0.29, 0.717) is 12.1 Å². The van der Waals surface area contributed by atoms with Crippen molar-refractivity contribution in [1.29, 1.82) is 0 Å². The van der Waals surface area contributed by atoms with Crippen LogP contribution in [0.25, 0.3) is 0 Å². The predicted octanol–water partition coefficient (Wildman–Crippen LogP) is 3.80. The van der Waals surface area contributed by atoms with Crippen LogP contribution in [0.5, 0.6) is 0 Å². The summed E-state index contributed by atoms with van der Waals surface area (Å²) < 4.78 is 16.3. The summed E-state index contributed by atoms with van der Waals surface area (Å²) in [5.41, 5.74) is 3.52. The Kier molecular flexibility index (Phi) is 4.24. The fourth-order valence-electron chi connectivity index (χ4n) is 1.90. The lowest BCUT2D eigenvalue weighted by molar-refractivity contribution is 0.619. The second-order valence-electron chi connectivity index (χ2n) is 4.50. The largest absolute Gasteiger partial charge is 0.379 e. The van der Waals surface area contributed by atoms with E-state index in [2.05, 4.69) is 33.3 Å². The molecule has 2 rings (SSSR count). The second-order valence-corrected chi connectivity index (χ2v) is 5.30. The van der Waals surface area contributed by atoms with Crippen LogP contribution in [0.3, 0.4) is 0 Å². The topological polar surface area (TPSA) is 29.9 Å². The van der Waals surface area contributed by atoms with E-state index in [1.54, 1.807) is 13.0 Å². The third-order valence-corrected chi connectivity index (χ3v) is 4.05. The van der Waals surface area contributed by atoms with Crippen LogP contribution in [0.1, 0.15) is 23.9 Å². The predicted molar refractivity (Wildman–Crippen MR) is 78.7 cm³/mol. The van der Waals surface area contributed by atoms with Crippen molar-refractivity contribution in [2.75, 3.05) is 5.32 Å². The van der Waals surface area contributed by atoms with Gasteiger partial charge >= 0.3 is 0 Å². The van der Waals surface area contributed by atoms with Gasteiger partial charge in [-0.3, -0.25) is 4.68 Å². The standard InChI is InChI=1S/C14H17BrFN3/c1-4-12-14(15)13(19(3)18-12)8-17-10-6-5-9(2)11(16)7-10/h5-7,17H,4,8H2,1-3H3. The molecule has 0 spiro atoms. The highest BCUT2D eigenvalue weighted by Gasteiger charge is 2.12. The van der Waals surface area contributed by atoms with Crippen molar-refractivity contribution in [2.24, 2.45) is 7.05 Å². The average molecular weight is 326 g/mol. The number of rotatable bonds is 4. The fraction of sp³-hybridized carbons (Fsp3) is 0.357. The van der Waals surface area contributed by atoms with Gasteiger partial charge in [-0.15, -0.1) is 0 Å². The van der Waals surface area contributed by atoms with Gasteiger partial charge in [0, 0.05) is 12.7 Å². The zero-order valence-electron chi connectivity index (χ0n) is 11.3. The first-order chi connectivity index (χ1) is 9.02. The molecule has 0 radical (unpaired) electrons. The van der Waals surface area contributed by atoms with E-state index in [-0.39, 0.29) is 5.82 Å². The van der Waals surface area contributed by atoms with Crippen molar-refractivity contribution >= 4 is 21.6 Å². The SMILES string of the molecule is CCc1nn(C)c(CNc2ccc(C)c(F)c2)c1Br. The summed E-state index contributed by atoms with van der Waals surface area (Å²) in [6.07, 6.45) is 0.883. The molecule has 1 aromatic heterocycles. The summed E-state index contributed by atoms with van der Waals surface area (Å²) in [7, 11) is 1.91. The molecule has 0 saturated carbocycles. The van der Waals surface area contributed by atoms with Crippen LogP contribution in [-0.4, -0.2) is 9.78 Å². The van der Waals surface area contributed by atoms with E-state index < -0.39 is 0 Å². The van der Waals surface area contributed by atoms with Crippen LogP contribution in [-0.2, 0) is 20.0 Å². The molecule has 2 aromatic rings. The number of anilines is 1. The van der Waals surface area contributed by atoms with E-state index in [9.17, 15) is 4.39 Å². The molecule has 0 atom stereocenters. The normalized spacial score (nSPS) is 10.8. The van der Waals surface area contributed by atoms with Gasteiger partial charge in [0.1, 0.15) is 5.82 Å². The van der Waals surface area contributed by atoms with Crippen LogP contribution in [0, 0.1) is 12.7 Å². The highest BCUT2D eigenvalue weighted by Crippen LogP contribution is 2.23. The van der Waals surface area contributed by atoms with Crippen molar-refractivity contribution in [2.45, 2.75) is 26.8 Å². The number of nitrogens with zero attached hydrogens (tertiary/aromatic N) is 2. The summed E-state index contributed by atoms with van der Waals surface area (Å²) in [6, 6.07) is 5.16. The quantitative estimate of drug-likeness (QED) is 0.926. The Bertz CT molecular complexity index is 593. The molecule has 0 amide bonds. The van der Waals surface area contributed by atoms with Gasteiger partial charge in [0.15, 0.2) is 0 Å². The molecule has 1 heterocycles. The van der Waals surface area contributed by atoms with Crippen molar-refractivity contribution in [3.63, 3.8) is 0 Å². The first-order valence-electron chi connectivity index (χ1n) is 6.23. The molecule has 5 heteroatoms. The van der Waals surface area contributed by atoms with E-state index >= 15 is 0 Å². The molecular weight excluding hydrogens is 309 g/mol. The molecule has 0 aliphatic heterocycles. The fourth-order valence-corrected chi connectivity index (χ4v) is 2.66. The molecule has 0 bridgehead atoms. The van der Waals surface area contributed by atoms with Gasteiger partial charge < -0.3 is 5.32 Å². The van der Waals surface area contributed by atoms with Gasteiger partial charge in [-0.25, -0.2) is 4.39 Å².